The monoisotopic (exact) mass is 234 g/mol. The van der Waals surface area contributed by atoms with E-state index in [9.17, 15) is 0 Å². The van der Waals surface area contributed by atoms with Gasteiger partial charge in [-0.05, 0) is 43.5 Å². The maximum Gasteiger partial charge on any atom is 0.0767 e. The molecule has 0 aromatic heterocycles. The van der Waals surface area contributed by atoms with Crippen LogP contribution >= 0.6 is 0 Å². The van der Waals surface area contributed by atoms with Crippen LogP contribution in [0.25, 0.3) is 0 Å². The molecule has 1 fully saturated rings. The quantitative estimate of drug-likeness (QED) is 0.864. The molecule has 1 aromatic rings. The Bertz CT molecular complexity index is 378. The second-order valence-corrected chi connectivity index (χ2v) is 4.78. The summed E-state index contributed by atoms with van der Waals surface area (Å²) in [7, 11) is 0. The normalized spacial score (nSPS) is 19.9. The minimum atomic E-state index is 0.347. The largest absolute Gasteiger partial charge is 0.375 e. The summed E-state index contributed by atoms with van der Waals surface area (Å²) in [4.78, 5) is 2.40. The van der Waals surface area contributed by atoms with Gasteiger partial charge in [-0.25, -0.2) is 0 Å². The van der Waals surface area contributed by atoms with E-state index in [1.807, 2.05) is 0 Å². The molecule has 0 bridgehead atoms. The fourth-order valence-corrected chi connectivity index (χ4v) is 2.26. The van der Waals surface area contributed by atoms with E-state index in [-0.39, 0.29) is 0 Å². The zero-order valence-corrected chi connectivity index (χ0v) is 10.8. The highest BCUT2D eigenvalue weighted by Crippen LogP contribution is 2.23. The predicted octanol–water partition coefficient (Wildman–Crippen LogP) is 1.86. The van der Waals surface area contributed by atoms with Crippen molar-refractivity contribution in [3.8, 4) is 0 Å². The third kappa shape index (κ3) is 2.99. The molecule has 1 heterocycles. The molecular formula is C14H22N2O. The number of anilines is 1. The van der Waals surface area contributed by atoms with Crippen LogP contribution in [0.15, 0.2) is 18.2 Å². The lowest BCUT2D eigenvalue weighted by Gasteiger charge is -2.19. The van der Waals surface area contributed by atoms with Crippen molar-refractivity contribution < 1.29 is 4.74 Å². The van der Waals surface area contributed by atoms with E-state index < -0.39 is 0 Å². The third-order valence-corrected chi connectivity index (χ3v) is 3.47. The van der Waals surface area contributed by atoms with Crippen LogP contribution in [0.1, 0.15) is 17.5 Å². The van der Waals surface area contributed by atoms with Crippen LogP contribution in [0.2, 0.25) is 0 Å². The molecule has 2 rings (SSSR count). The Hall–Kier alpha value is -1.06. The van der Waals surface area contributed by atoms with Gasteiger partial charge in [0.1, 0.15) is 0 Å². The van der Waals surface area contributed by atoms with Crippen LogP contribution in [0.3, 0.4) is 0 Å². The Labute approximate surface area is 104 Å². The molecule has 0 spiro atoms. The molecular weight excluding hydrogens is 212 g/mol. The molecule has 0 radical (unpaired) electrons. The van der Waals surface area contributed by atoms with E-state index in [2.05, 4.69) is 36.9 Å². The van der Waals surface area contributed by atoms with E-state index in [4.69, 9.17) is 10.5 Å². The zero-order valence-electron chi connectivity index (χ0n) is 10.8. The van der Waals surface area contributed by atoms with Crippen molar-refractivity contribution in [2.75, 3.05) is 31.1 Å². The number of nitrogens with zero attached hydrogens (tertiary/aromatic N) is 1. The van der Waals surface area contributed by atoms with Crippen molar-refractivity contribution in [2.24, 2.45) is 5.73 Å². The van der Waals surface area contributed by atoms with Gasteiger partial charge in [0.2, 0.25) is 0 Å². The molecule has 1 aliphatic heterocycles. The van der Waals surface area contributed by atoms with Gasteiger partial charge in [0.05, 0.1) is 12.7 Å². The lowest BCUT2D eigenvalue weighted by molar-refractivity contribution is 0.0742. The highest BCUT2D eigenvalue weighted by Gasteiger charge is 2.23. The average molecular weight is 234 g/mol. The Morgan fingerprint density at radius 3 is 2.88 bits per heavy atom. The number of rotatable bonds is 4. The van der Waals surface area contributed by atoms with Gasteiger partial charge in [-0.1, -0.05) is 6.07 Å². The molecule has 1 saturated heterocycles. The molecule has 1 atom stereocenters. The molecule has 0 aliphatic carbocycles. The average Bonchev–Trinajstić information content (AvgIpc) is 2.79. The van der Waals surface area contributed by atoms with Crippen LogP contribution < -0.4 is 10.6 Å². The minimum absolute atomic E-state index is 0.347. The summed E-state index contributed by atoms with van der Waals surface area (Å²) in [5.74, 6) is 0. The lowest BCUT2D eigenvalue weighted by Crippen LogP contribution is -2.24. The van der Waals surface area contributed by atoms with E-state index in [0.717, 1.165) is 19.5 Å². The van der Waals surface area contributed by atoms with Crippen molar-refractivity contribution in [3.05, 3.63) is 29.3 Å². The molecule has 1 aromatic carbocycles. The second kappa shape index (κ2) is 5.52. The number of nitrogens with two attached hydrogens (primary N) is 1. The Kier molecular flexibility index (Phi) is 4.02. The van der Waals surface area contributed by atoms with Crippen LogP contribution in [0.4, 0.5) is 5.69 Å². The van der Waals surface area contributed by atoms with Crippen molar-refractivity contribution in [1.82, 2.24) is 0 Å². The Morgan fingerprint density at radius 2 is 2.18 bits per heavy atom. The summed E-state index contributed by atoms with van der Waals surface area (Å²) in [6.07, 6.45) is 1.45. The fraction of sp³-hybridized carbons (Fsp3) is 0.571. The molecule has 3 nitrogen and oxygen atoms in total. The van der Waals surface area contributed by atoms with Crippen molar-refractivity contribution in [1.29, 1.82) is 0 Å². The van der Waals surface area contributed by atoms with Crippen molar-refractivity contribution in [3.63, 3.8) is 0 Å². The first-order valence-corrected chi connectivity index (χ1v) is 6.34. The maximum atomic E-state index is 5.69. The van der Waals surface area contributed by atoms with Gasteiger partial charge in [-0.3, -0.25) is 0 Å². The van der Waals surface area contributed by atoms with Crippen molar-refractivity contribution in [2.45, 2.75) is 26.4 Å². The van der Waals surface area contributed by atoms with Crippen LogP contribution in [-0.4, -0.2) is 32.3 Å². The molecule has 94 valence electrons. The number of benzene rings is 1. The van der Waals surface area contributed by atoms with Gasteiger partial charge in [0.25, 0.3) is 0 Å². The molecule has 0 unspecified atom stereocenters. The molecule has 0 saturated carbocycles. The molecule has 1 aliphatic rings. The van der Waals surface area contributed by atoms with Gasteiger partial charge in [-0.15, -0.1) is 0 Å². The van der Waals surface area contributed by atoms with Gasteiger partial charge in [-0.2, -0.15) is 0 Å². The van der Waals surface area contributed by atoms with Gasteiger partial charge < -0.3 is 15.4 Å². The highest BCUT2D eigenvalue weighted by molar-refractivity contribution is 5.51. The Morgan fingerprint density at radius 1 is 1.35 bits per heavy atom. The van der Waals surface area contributed by atoms with E-state index in [1.165, 1.54) is 16.8 Å². The first kappa shape index (κ1) is 12.4. The highest BCUT2D eigenvalue weighted by atomic mass is 16.5. The SMILES string of the molecule is Cc1ccc(N2CC[C@H](OCCN)C2)cc1C. The first-order valence-electron chi connectivity index (χ1n) is 6.34. The summed E-state index contributed by atoms with van der Waals surface area (Å²) in [6, 6.07) is 6.66. The van der Waals surface area contributed by atoms with Crippen LogP contribution in [0, 0.1) is 13.8 Å². The van der Waals surface area contributed by atoms with E-state index in [1.54, 1.807) is 0 Å². The molecule has 3 heteroatoms. The van der Waals surface area contributed by atoms with E-state index in [0.29, 0.717) is 19.3 Å². The summed E-state index contributed by atoms with van der Waals surface area (Å²) in [5.41, 5.74) is 9.47. The number of hydrogen-bond donors (Lipinski definition) is 1. The summed E-state index contributed by atoms with van der Waals surface area (Å²) in [5, 5.41) is 0. The second-order valence-electron chi connectivity index (χ2n) is 4.78. The number of aryl methyl sites for hydroxylation is 2. The summed E-state index contributed by atoms with van der Waals surface area (Å²) >= 11 is 0. The molecule has 17 heavy (non-hydrogen) atoms. The lowest BCUT2D eigenvalue weighted by atomic mass is 10.1. The van der Waals surface area contributed by atoms with Crippen molar-refractivity contribution >= 4 is 5.69 Å². The van der Waals surface area contributed by atoms with E-state index >= 15 is 0 Å². The first-order chi connectivity index (χ1) is 8.20. The van der Waals surface area contributed by atoms with Crippen LogP contribution in [-0.2, 0) is 4.74 Å². The predicted molar refractivity (Wildman–Crippen MR) is 71.5 cm³/mol. The number of hydrogen-bond acceptors (Lipinski definition) is 3. The maximum absolute atomic E-state index is 5.69. The molecule has 0 amide bonds. The van der Waals surface area contributed by atoms with Gasteiger partial charge in [0.15, 0.2) is 0 Å². The summed E-state index contributed by atoms with van der Waals surface area (Å²) < 4.78 is 5.69. The Balaban J connectivity index is 1.97. The third-order valence-electron chi connectivity index (χ3n) is 3.47. The zero-order chi connectivity index (χ0) is 12.3. The standard InChI is InChI=1S/C14H22N2O/c1-11-3-4-13(9-12(11)2)16-7-5-14(10-16)17-8-6-15/h3-4,9,14H,5-8,10,15H2,1-2H3/t14-/m0/s1. The molecule has 2 N–H and O–H groups in total. The number of ether oxygens (including phenoxy) is 1. The smallest absolute Gasteiger partial charge is 0.0767 e. The topological polar surface area (TPSA) is 38.5 Å². The fourth-order valence-electron chi connectivity index (χ4n) is 2.26. The van der Waals surface area contributed by atoms with Gasteiger partial charge in [0, 0.05) is 25.3 Å². The minimum Gasteiger partial charge on any atom is -0.375 e. The summed E-state index contributed by atoms with van der Waals surface area (Å²) in [6.45, 7) is 7.67. The van der Waals surface area contributed by atoms with Crippen LogP contribution in [0.5, 0.6) is 0 Å². The van der Waals surface area contributed by atoms with Gasteiger partial charge >= 0.3 is 0 Å².